The van der Waals surface area contributed by atoms with Gasteiger partial charge in [0.2, 0.25) is 0 Å². The van der Waals surface area contributed by atoms with Crippen LogP contribution < -0.4 is 5.32 Å². The first kappa shape index (κ1) is 11.9. The molecule has 0 aliphatic heterocycles. The minimum atomic E-state index is 0.196. The second-order valence-corrected chi connectivity index (χ2v) is 3.44. The molecule has 1 fully saturated rings. The van der Waals surface area contributed by atoms with E-state index in [0.717, 1.165) is 13.0 Å². The maximum atomic E-state index is 5.63. The summed E-state index contributed by atoms with van der Waals surface area (Å²) >= 11 is 0. The van der Waals surface area contributed by atoms with Crippen LogP contribution in [0.5, 0.6) is 0 Å². The van der Waals surface area contributed by atoms with Gasteiger partial charge in [0.1, 0.15) is 0 Å². The van der Waals surface area contributed by atoms with E-state index in [-0.39, 0.29) is 12.2 Å². The molecule has 1 aliphatic rings. The summed E-state index contributed by atoms with van der Waals surface area (Å²) in [6.45, 7) is 4.07. The highest BCUT2D eigenvalue weighted by Crippen LogP contribution is 2.26. The Morgan fingerprint density at radius 2 is 2.14 bits per heavy atom. The molecule has 84 valence electrons. The smallest absolute Gasteiger partial charge is 0.0986 e. The summed E-state index contributed by atoms with van der Waals surface area (Å²) in [4.78, 5) is 0. The summed E-state index contributed by atoms with van der Waals surface area (Å²) in [6, 6.07) is 0.442. The molecule has 1 N–H and O–H groups in total. The Labute approximate surface area is 85.9 Å². The largest absolute Gasteiger partial charge is 0.379 e. The lowest BCUT2D eigenvalue weighted by molar-refractivity contribution is -0.139. The van der Waals surface area contributed by atoms with E-state index in [2.05, 4.69) is 5.32 Å². The molecule has 0 aromatic carbocycles. The number of methoxy groups -OCH3 is 1. The molecule has 0 aromatic rings. The van der Waals surface area contributed by atoms with E-state index in [9.17, 15) is 0 Å². The molecule has 0 heterocycles. The van der Waals surface area contributed by atoms with Gasteiger partial charge in [-0.05, 0) is 20.4 Å². The lowest BCUT2D eigenvalue weighted by atomic mass is 9.85. The first-order chi connectivity index (χ1) is 6.83. The molecule has 1 saturated carbocycles. The highest BCUT2D eigenvalue weighted by Gasteiger charge is 2.41. The number of likely N-dealkylation sites (N-methyl/N-ethyl adjacent to an activating group) is 1. The number of hydrogen-bond donors (Lipinski definition) is 1. The van der Waals surface area contributed by atoms with Crippen molar-refractivity contribution in [2.24, 2.45) is 0 Å². The number of nitrogens with one attached hydrogen (secondary N) is 1. The van der Waals surface area contributed by atoms with Crippen molar-refractivity contribution >= 4 is 0 Å². The van der Waals surface area contributed by atoms with Gasteiger partial charge in [-0.2, -0.15) is 0 Å². The van der Waals surface area contributed by atoms with Gasteiger partial charge in [-0.1, -0.05) is 0 Å². The molecule has 0 spiro atoms. The highest BCUT2D eigenvalue weighted by molar-refractivity contribution is 4.96. The summed E-state index contributed by atoms with van der Waals surface area (Å²) in [7, 11) is 3.68. The molecule has 1 rings (SSSR count). The summed E-state index contributed by atoms with van der Waals surface area (Å²) in [6.07, 6.45) is 1.46. The summed E-state index contributed by atoms with van der Waals surface area (Å²) in [5.41, 5.74) is 0. The fourth-order valence-corrected chi connectivity index (χ4v) is 1.75. The fourth-order valence-electron chi connectivity index (χ4n) is 1.75. The normalized spacial score (nSPS) is 31.5. The molecule has 14 heavy (non-hydrogen) atoms. The van der Waals surface area contributed by atoms with Crippen molar-refractivity contribution in [3.8, 4) is 0 Å². The summed E-state index contributed by atoms with van der Waals surface area (Å²) in [5, 5.41) is 3.20. The van der Waals surface area contributed by atoms with Gasteiger partial charge < -0.3 is 19.5 Å². The highest BCUT2D eigenvalue weighted by atomic mass is 16.6. The molecule has 3 atom stereocenters. The van der Waals surface area contributed by atoms with Crippen LogP contribution in [0.25, 0.3) is 0 Å². The summed E-state index contributed by atoms with van der Waals surface area (Å²) in [5.74, 6) is 0. The maximum absolute atomic E-state index is 5.63. The van der Waals surface area contributed by atoms with Gasteiger partial charge in [0.05, 0.1) is 25.4 Å². The number of ether oxygens (including phenoxy) is 3. The van der Waals surface area contributed by atoms with E-state index in [0.29, 0.717) is 19.3 Å². The zero-order valence-corrected chi connectivity index (χ0v) is 9.29. The van der Waals surface area contributed by atoms with Crippen LogP contribution in [0.15, 0.2) is 0 Å². The Balaban J connectivity index is 2.08. The van der Waals surface area contributed by atoms with E-state index < -0.39 is 0 Å². The van der Waals surface area contributed by atoms with Gasteiger partial charge in [0.15, 0.2) is 0 Å². The molecule has 0 radical (unpaired) electrons. The van der Waals surface area contributed by atoms with Gasteiger partial charge in [-0.25, -0.2) is 0 Å². The molecular weight excluding hydrogens is 182 g/mol. The Kier molecular flexibility index (Phi) is 5.40. The van der Waals surface area contributed by atoms with Crippen molar-refractivity contribution in [1.29, 1.82) is 0 Å². The van der Waals surface area contributed by atoms with E-state index in [1.54, 1.807) is 7.11 Å². The molecule has 4 nitrogen and oxygen atoms in total. The second kappa shape index (κ2) is 6.35. The van der Waals surface area contributed by atoms with E-state index in [1.165, 1.54) is 0 Å². The standard InChI is InChI=1S/C10H21NO3/c1-4-13-5-6-14-9-7-8(11-2)10(9)12-3/h8-11H,4-7H2,1-3H3. The zero-order chi connectivity index (χ0) is 10.4. The van der Waals surface area contributed by atoms with E-state index >= 15 is 0 Å². The molecule has 4 heteroatoms. The van der Waals surface area contributed by atoms with Crippen LogP contribution in [0.1, 0.15) is 13.3 Å². The van der Waals surface area contributed by atoms with Crippen molar-refractivity contribution in [3.63, 3.8) is 0 Å². The van der Waals surface area contributed by atoms with E-state index in [4.69, 9.17) is 14.2 Å². The molecule has 3 unspecified atom stereocenters. The molecule has 1 aliphatic carbocycles. The lowest BCUT2D eigenvalue weighted by Crippen LogP contribution is -2.59. The van der Waals surface area contributed by atoms with Gasteiger partial charge in [0.25, 0.3) is 0 Å². The summed E-state index contributed by atoms with van der Waals surface area (Å²) < 4.78 is 16.1. The van der Waals surface area contributed by atoms with Crippen molar-refractivity contribution in [3.05, 3.63) is 0 Å². The molecular formula is C10H21NO3. The third-order valence-electron chi connectivity index (χ3n) is 2.66. The second-order valence-electron chi connectivity index (χ2n) is 3.44. The minimum Gasteiger partial charge on any atom is -0.379 e. The third-order valence-corrected chi connectivity index (χ3v) is 2.66. The van der Waals surface area contributed by atoms with Crippen LogP contribution >= 0.6 is 0 Å². The van der Waals surface area contributed by atoms with Crippen LogP contribution in [0.4, 0.5) is 0 Å². The van der Waals surface area contributed by atoms with Gasteiger partial charge in [-0.3, -0.25) is 0 Å². The van der Waals surface area contributed by atoms with Crippen molar-refractivity contribution < 1.29 is 14.2 Å². The molecule has 0 bridgehead atoms. The van der Waals surface area contributed by atoms with Gasteiger partial charge >= 0.3 is 0 Å². The van der Waals surface area contributed by atoms with Crippen LogP contribution in [-0.2, 0) is 14.2 Å². The predicted molar refractivity (Wildman–Crippen MR) is 54.5 cm³/mol. The van der Waals surface area contributed by atoms with Crippen LogP contribution in [-0.4, -0.2) is 52.2 Å². The Morgan fingerprint density at radius 1 is 1.36 bits per heavy atom. The quantitative estimate of drug-likeness (QED) is 0.609. The first-order valence-electron chi connectivity index (χ1n) is 5.22. The first-order valence-corrected chi connectivity index (χ1v) is 5.22. The van der Waals surface area contributed by atoms with E-state index in [1.807, 2.05) is 14.0 Å². The Hall–Kier alpha value is -0.160. The number of hydrogen-bond acceptors (Lipinski definition) is 4. The Morgan fingerprint density at radius 3 is 2.71 bits per heavy atom. The predicted octanol–water partition coefficient (Wildman–Crippen LogP) is 0.415. The van der Waals surface area contributed by atoms with Crippen LogP contribution in [0, 0.1) is 0 Å². The third kappa shape index (κ3) is 2.92. The lowest BCUT2D eigenvalue weighted by Gasteiger charge is -2.42. The van der Waals surface area contributed by atoms with Gasteiger partial charge in [-0.15, -0.1) is 0 Å². The SMILES string of the molecule is CCOCCOC1CC(NC)C1OC. The van der Waals surface area contributed by atoms with Crippen molar-refractivity contribution in [2.45, 2.75) is 31.6 Å². The van der Waals surface area contributed by atoms with Crippen LogP contribution in [0.3, 0.4) is 0 Å². The fraction of sp³-hybridized carbons (Fsp3) is 1.00. The van der Waals surface area contributed by atoms with Crippen molar-refractivity contribution in [2.75, 3.05) is 34.0 Å². The zero-order valence-electron chi connectivity index (χ0n) is 9.29. The number of rotatable bonds is 7. The molecule has 0 saturated heterocycles. The molecule has 0 aromatic heterocycles. The Bertz CT molecular complexity index is 154. The average Bonchev–Trinajstić information content (AvgIpc) is 2.16. The molecule has 0 amide bonds. The average molecular weight is 203 g/mol. The minimum absolute atomic E-state index is 0.196. The topological polar surface area (TPSA) is 39.7 Å². The van der Waals surface area contributed by atoms with Crippen LogP contribution in [0.2, 0.25) is 0 Å². The van der Waals surface area contributed by atoms with Crippen molar-refractivity contribution in [1.82, 2.24) is 5.32 Å². The maximum Gasteiger partial charge on any atom is 0.0986 e. The monoisotopic (exact) mass is 203 g/mol. The van der Waals surface area contributed by atoms with Gasteiger partial charge in [0, 0.05) is 19.8 Å².